The van der Waals surface area contributed by atoms with Crippen LogP contribution in [-0.2, 0) is 5.75 Å². The molecule has 0 saturated heterocycles. The van der Waals surface area contributed by atoms with E-state index in [9.17, 15) is 0 Å². The second-order valence-electron chi connectivity index (χ2n) is 4.74. The van der Waals surface area contributed by atoms with Gasteiger partial charge in [0.25, 0.3) is 0 Å². The average molecular weight is 235 g/mol. The van der Waals surface area contributed by atoms with Crippen LogP contribution in [0.3, 0.4) is 0 Å². The monoisotopic (exact) mass is 235 g/mol. The van der Waals surface area contributed by atoms with Gasteiger partial charge in [-0.15, -0.1) is 0 Å². The summed E-state index contributed by atoms with van der Waals surface area (Å²) in [5.74, 6) is 3.34. The van der Waals surface area contributed by atoms with Crippen molar-refractivity contribution in [2.45, 2.75) is 31.6 Å². The Labute approximate surface area is 103 Å². The first kappa shape index (κ1) is 12.0. The summed E-state index contributed by atoms with van der Waals surface area (Å²) >= 11 is 2.05. The SMILES string of the molecule is CNC(CSCc1cccc(C)c1)C1CC1. The van der Waals surface area contributed by atoms with Crippen LogP contribution in [0.1, 0.15) is 24.0 Å². The number of nitrogens with one attached hydrogen (secondary N) is 1. The predicted octanol–water partition coefficient (Wildman–Crippen LogP) is 3.23. The van der Waals surface area contributed by atoms with Crippen molar-refractivity contribution in [2.24, 2.45) is 5.92 Å². The highest BCUT2D eigenvalue weighted by Crippen LogP contribution is 2.34. The molecule has 1 fully saturated rings. The van der Waals surface area contributed by atoms with Gasteiger partial charge in [0, 0.05) is 17.5 Å². The minimum Gasteiger partial charge on any atom is -0.316 e. The van der Waals surface area contributed by atoms with Crippen molar-refractivity contribution >= 4 is 11.8 Å². The molecule has 1 N–H and O–H groups in total. The summed E-state index contributed by atoms with van der Waals surface area (Å²) in [6.07, 6.45) is 2.85. The molecule has 1 saturated carbocycles. The van der Waals surface area contributed by atoms with E-state index < -0.39 is 0 Å². The second-order valence-corrected chi connectivity index (χ2v) is 5.77. The van der Waals surface area contributed by atoms with Gasteiger partial charge in [-0.3, -0.25) is 0 Å². The Morgan fingerprint density at radius 2 is 2.25 bits per heavy atom. The van der Waals surface area contributed by atoms with Crippen LogP contribution in [0.2, 0.25) is 0 Å². The van der Waals surface area contributed by atoms with Gasteiger partial charge in [-0.25, -0.2) is 0 Å². The second kappa shape index (κ2) is 5.74. The fourth-order valence-electron chi connectivity index (χ4n) is 2.06. The minimum absolute atomic E-state index is 0.731. The molecule has 16 heavy (non-hydrogen) atoms. The molecule has 0 radical (unpaired) electrons. The lowest BCUT2D eigenvalue weighted by molar-refractivity contribution is 0.554. The Hall–Kier alpha value is -0.470. The number of hydrogen-bond acceptors (Lipinski definition) is 2. The van der Waals surface area contributed by atoms with Gasteiger partial charge in [0.15, 0.2) is 0 Å². The fraction of sp³-hybridized carbons (Fsp3) is 0.571. The summed E-state index contributed by atoms with van der Waals surface area (Å²) in [7, 11) is 2.09. The molecule has 2 rings (SSSR count). The average Bonchev–Trinajstić information content (AvgIpc) is 3.08. The van der Waals surface area contributed by atoms with E-state index in [1.54, 1.807) is 0 Å². The minimum atomic E-state index is 0.731. The molecule has 1 aliphatic rings. The number of hydrogen-bond donors (Lipinski definition) is 1. The van der Waals surface area contributed by atoms with Crippen LogP contribution < -0.4 is 5.32 Å². The molecule has 1 nitrogen and oxygen atoms in total. The van der Waals surface area contributed by atoms with Crippen LogP contribution in [-0.4, -0.2) is 18.8 Å². The molecule has 0 bridgehead atoms. The van der Waals surface area contributed by atoms with E-state index in [0.717, 1.165) is 17.7 Å². The van der Waals surface area contributed by atoms with Crippen LogP contribution >= 0.6 is 11.8 Å². The van der Waals surface area contributed by atoms with Crippen molar-refractivity contribution in [2.75, 3.05) is 12.8 Å². The Bertz CT molecular complexity index is 333. The van der Waals surface area contributed by atoms with Gasteiger partial charge < -0.3 is 5.32 Å². The largest absolute Gasteiger partial charge is 0.316 e. The van der Waals surface area contributed by atoms with Crippen LogP contribution in [0.15, 0.2) is 24.3 Å². The standard InChI is InChI=1S/C14H21NS/c1-11-4-3-5-12(8-11)9-16-10-14(15-2)13-6-7-13/h3-5,8,13-15H,6-7,9-10H2,1-2H3. The molecule has 0 aromatic heterocycles. The molecule has 1 unspecified atom stereocenters. The Morgan fingerprint density at radius 3 is 2.88 bits per heavy atom. The van der Waals surface area contributed by atoms with E-state index in [1.807, 2.05) is 0 Å². The lowest BCUT2D eigenvalue weighted by Crippen LogP contribution is -2.29. The summed E-state index contributed by atoms with van der Waals surface area (Å²) in [6, 6.07) is 9.57. The molecule has 88 valence electrons. The van der Waals surface area contributed by atoms with Crippen molar-refractivity contribution < 1.29 is 0 Å². The number of thioether (sulfide) groups is 1. The van der Waals surface area contributed by atoms with Crippen molar-refractivity contribution in [1.29, 1.82) is 0 Å². The fourth-order valence-corrected chi connectivity index (χ4v) is 3.29. The first-order valence-electron chi connectivity index (χ1n) is 6.10. The summed E-state index contributed by atoms with van der Waals surface area (Å²) in [6.45, 7) is 2.16. The first-order valence-corrected chi connectivity index (χ1v) is 7.25. The molecule has 0 spiro atoms. The Kier molecular flexibility index (Phi) is 4.30. The molecule has 0 amide bonds. The Morgan fingerprint density at radius 1 is 1.44 bits per heavy atom. The van der Waals surface area contributed by atoms with Gasteiger partial charge >= 0.3 is 0 Å². The summed E-state index contributed by atoms with van der Waals surface area (Å²) in [5, 5.41) is 3.44. The van der Waals surface area contributed by atoms with E-state index in [2.05, 4.69) is 55.3 Å². The predicted molar refractivity (Wildman–Crippen MR) is 72.9 cm³/mol. The van der Waals surface area contributed by atoms with Gasteiger partial charge in [0.1, 0.15) is 0 Å². The smallest absolute Gasteiger partial charge is 0.0185 e. The van der Waals surface area contributed by atoms with Gasteiger partial charge in [0.05, 0.1) is 0 Å². The maximum atomic E-state index is 3.44. The first-order chi connectivity index (χ1) is 7.79. The molecular weight excluding hydrogens is 214 g/mol. The molecule has 1 atom stereocenters. The highest BCUT2D eigenvalue weighted by atomic mass is 32.2. The highest BCUT2D eigenvalue weighted by Gasteiger charge is 2.29. The zero-order chi connectivity index (χ0) is 11.4. The highest BCUT2D eigenvalue weighted by molar-refractivity contribution is 7.98. The number of benzene rings is 1. The molecule has 2 heteroatoms. The number of rotatable bonds is 6. The number of aryl methyl sites for hydroxylation is 1. The van der Waals surface area contributed by atoms with Gasteiger partial charge in [-0.1, -0.05) is 29.8 Å². The molecule has 0 heterocycles. The zero-order valence-corrected chi connectivity index (χ0v) is 11.0. The summed E-state index contributed by atoms with van der Waals surface area (Å²) < 4.78 is 0. The van der Waals surface area contributed by atoms with Gasteiger partial charge in [-0.2, -0.15) is 11.8 Å². The third-order valence-corrected chi connectivity index (χ3v) is 4.34. The molecule has 1 aromatic rings. The van der Waals surface area contributed by atoms with E-state index in [4.69, 9.17) is 0 Å². The molecule has 1 aromatic carbocycles. The topological polar surface area (TPSA) is 12.0 Å². The van der Waals surface area contributed by atoms with E-state index >= 15 is 0 Å². The van der Waals surface area contributed by atoms with Crippen LogP contribution in [0.4, 0.5) is 0 Å². The van der Waals surface area contributed by atoms with Gasteiger partial charge in [0.2, 0.25) is 0 Å². The quantitative estimate of drug-likeness (QED) is 0.812. The maximum absolute atomic E-state index is 3.44. The lowest BCUT2D eigenvalue weighted by Gasteiger charge is -2.14. The lowest BCUT2D eigenvalue weighted by atomic mass is 10.2. The van der Waals surface area contributed by atoms with Crippen LogP contribution in [0.5, 0.6) is 0 Å². The third kappa shape index (κ3) is 3.53. The van der Waals surface area contributed by atoms with Crippen LogP contribution in [0.25, 0.3) is 0 Å². The van der Waals surface area contributed by atoms with Crippen molar-refractivity contribution in [1.82, 2.24) is 5.32 Å². The van der Waals surface area contributed by atoms with Crippen molar-refractivity contribution in [3.8, 4) is 0 Å². The van der Waals surface area contributed by atoms with Gasteiger partial charge in [-0.05, 0) is 38.3 Å². The molecular formula is C14H21NS. The summed E-state index contributed by atoms with van der Waals surface area (Å²) in [4.78, 5) is 0. The molecule has 0 aliphatic heterocycles. The van der Waals surface area contributed by atoms with Crippen molar-refractivity contribution in [3.63, 3.8) is 0 Å². The Balaban J connectivity index is 1.74. The van der Waals surface area contributed by atoms with E-state index in [1.165, 1.54) is 29.7 Å². The van der Waals surface area contributed by atoms with Crippen molar-refractivity contribution in [3.05, 3.63) is 35.4 Å². The van der Waals surface area contributed by atoms with Crippen LogP contribution in [0, 0.1) is 12.8 Å². The maximum Gasteiger partial charge on any atom is 0.0185 e. The normalized spacial score (nSPS) is 17.4. The summed E-state index contributed by atoms with van der Waals surface area (Å²) in [5.41, 5.74) is 2.82. The third-order valence-electron chi connectivity index (χ3n) is 3.21. The molecule has 1 aliphatic carbocycles. The van der Waals surface area contributed by atoms with E-state index in [-0.39, 0.29) is 0 Å². The van der Waals surface area contributed by atoms with E-state index in [0.29, 0.717) is 0 Å². The zero-order valence-electron chi connectivity index (χ0n) is 10.2.